The van der Waals surface area contributed by atoms with Gasteiger partial charge in [0.05, 0.1) is 17.9 Å². The van der Waals surface area contributed by atoms with Crippen LogP contribution in [0, 0.1) is 5.82 Å². The Morgan fingerprint density at radius 2 is 1.94 bits per heavy atom. The van der Waals surface area contributed by atoms with E-state index in [1.165, 1.54) is 22.9 Å². The summed E-state index contributed by atoms with van der Waals surface area (Å²) in [5.41, 5.74) is 4.64. The van der Waals surface area contributed by atoms with Crippen LogP contribution in [0.15, 0.2) is 41.3 Å². The van der Waals surface area contributed by atoms with Gasteiger partial charge in [-0.05, 0) is 45.0 Å². The summed E-state index contributed by atoms with van der Waals surface area (Å²) in [5, 5.41) is 0.224. The summed E-state index contributed by atoms with van der Waals surface area (Å²) >= 11 is 0. The number of nitrogens with two attached hydrogens (primary N) is 1. The molecule has 2 aromatic heterocycles. The SMILES string of the molecule is CC(C)(C)OC(=O)n1c(Cn2cccc(N)c2=O)cc2cc(F)cc(OCC(F)F)c21. The van der Waals surface area contributed by atoms with Crippen LogP contribution in [0.1, 0.15) is 26.5 Å². The third-order valence-electron chi connectivity index (χ3n) is 4.22. The van der Waals surface area contributed by atoms with E-state index >= 15 is 0 Å². The van der Waals surface area contributed by atoms with Gasteiger partial charge in [-0.25, -0.2) is 22.5 Å². The Morgan fingerprint density at radius 3 is 2.58 bits per heavy atom. The van der Waals surface area contributed by atoms with Gasteiger partial charge in [-0.2, -0.15) is 0 Å². The van der Waals surface area contributed by atoms with Crippen molar-refractivity contribution < 1.29 is 27.4 Å². The molecule has 3 rings (SSSR count). The number of carbonyl (C=O) groups excluding carboxylic acids is 1. The minimum absolute atomic E-state index is 0.00873. The van der Waals surface area contributed by atoms with Crippen molar-refractivity contribution in [2.24, 2.45) is 0 Å². The Hall–Kier alpha value is -3.43. The Bertz CT molecular complexity index is 1180. The molecule has 0 saturated heterocycles. The molecule has 1 aromatic carbocycles. The van der Waals surface area contributed by atoms with Crippen molar-refractivity contribution in [1.82, 2.24) is 9.13 Å². The summed E-state index contributed by atoms with van der Waals surface area (Å²) in [7, 11) is 0. The number of rotatable bonds is 5. The largest absolute Gasteiger partial charge is 0.485 e. The molecule has 0 amide bonds. The molecule has 0 aliphatic heterocycles. The number of aromatic nitrogens is 2. The lowest BCUT2D eigenvalue weighted by Gasteiger charge is -2.21. The van der Waals surface area contributed by atoms with Crippen LogP contribution in [0.5, 0.6) is 5.75 Å². The van der Waals surface area contributed by atoms with Crippen molar-refractivity contribution in [3.63, 3.8) is 0 Å². The molecule has 0 spiro atoms. The fourth-order valence-corrected chi connectivity index (χ4v) is 3.08. The first-order valence-electron chi connectivity index (χ1n) is 9.39. The van der Waals surface area contributed by atoms with Gasteiger partial charge >= 0.3 is 6.09 Å². The van der Waals surface area contributed by atoms with E-state index in [9.17, 15) is 22.8 Å². The van der Waals surface area contributed by atoms with Crippen LogP contribution in [0.3, 0.4) is 0 Å². The summed E-state index contributed by atoms with van der Waals surface area (Å²) < 4.78 is 52.4. The van der Waals surface area contributed by atoms with E-state index in [0.29, 0.717) is 0 Å². The maximum absolute atomic E-state index is 14.1. The lowest BCUT2D eigenvalue weighted by molar-refractivity contribution is 0.0538. The predicted octanol–water partition coefficient (Wildman–Crippen LogP) is 4.00. The number of anilines is 1. The summed E-state index contributed by atoms with van der Waals surface area (Å²) in [5.74, 6) is -0.974. The van der Waals surface area contributed by atoms with Crippen LogP contribution < -0.4 is 16.0 Å². The van der Waals surface area contributed by atoms with Crippen molar-refractivity contribution >= 4 is 22.7 Å². The molecule has 7 nitrogen and oxygen atoms in total. The molecule has 3 aromatic rings. The molecule has 0 radical (unpaired) electrons. The maximum atomic E-state index is 14.1. The molecule has 2 heterocycles. The number of hydrogen-bond donors (Lipinski definition) is 1. The highest BCUT2D eigenvalue weighted by atomic mass is 19.3. The Balaban J connectivity index is 2.21. The zero-order chi connectivity index (χ0) is 22.9. The van der Waals surface area contributed by atoms with Gasteiger partial charge in [0.25, 0.3) is 12.0 Å². The molecule has 0 bridgehead atoms. The quantitative estimate of drug-likeness (QED) is 0.652. The predicted molar refractivity (Wildman–Crippen MR) is 109 cm³/mol. The van der Waals surface area contributed by atoms with Crippen molar-refractivity contribution in [2.45, 2.75) is 39.3 Å². The van der Waals surface area contributed by atoms with Crippen molar-refractivity contribution in [3.8, 4) is 5.75 Å². The third kappa shape index (κ3) is 5.01. The topological polar surface area (TPSA) is 88.5 Å². The number of hydrogen-bond acceptors (Lipinski definition) is 5. The number of halogens is 3. The van der Waals surface area contributed by atoms with Crippen LogP contribution in [0.4, 0.5) is 23.7 Å². The van der Waals surface area contributed by atoms with Crippen LogP contribution >= 0.6 is 0 Å². The second kappa shape index (κ2) is 8.37. The van der Waals surface area contributed by atoms with Crippen molar-refractivity contribution in [1.29, 1.82) is 0 Å². The summed E-state index contributed by atoms with van der Waals surface area (Å²) in [6.45, 7) is 3.89. The second-order valence-corrected chi connectivity index (χ2v) is 7.89. The van der Waals surface area contributed by atoms with Crippen molar-refractivity contribution in [3.05, 3.63) is 58.4 Å². The molecule has 0 fully saturated rings. The Labute approximate surface area is 175 Å². The fourth-order valence-electron chi connectivity index (χ4n) is 3.08. The van der Waals surface area contributed by atoms with Gasteiger partial charge in [-0.15, -0.1) is 0 Å². The van der Waals surface area contributed by atoms with Crippen LogP contribution in [0.2, 0.25) is 0 Å². The molecule has 0 aliphatic carbocycles. The molecule has 31 heavy (non-hydrogen) atoms. The van der Waals surface area contributed by atoms with Crippen LogP contribution in [-0.2, 0) is 11.3 Å². The lowest BCUT2D eigenvalue weighted by Crippen LogP contribution is -2.29. The van der Waals surface area contributed by atoms with Gasteiger partial charge in [0.15, 0.2) is 0 Å². The fraction of sp³-hybridized carbons (Fsp3) is 0.333. The van der Waals surface area contributed by atoms with Gasteiger partial charge < -0.3 is 19.8 Å². The van der Waals surface area contributed by atoms with Crippen LogP contribution in [-0.4, -0.2) is 33.9 Å². The van der Waals surface area contributed by atoms with Crippen molar-refractivity contribution in [2.75, 3.05) is 12.3 Å². The number of ether oxygens (including phenoxy) is 2. The molecule has 166 valence electrons. The van der Waals surface area contributed by atoms with E-state index < -0.39 is 36.1 Å². The van der Waals surface area contributed by atoms with Crippen LogP contribution in [0.25, 0.3) is 10.9 Å². The minimum atomic E-state index is -2.80. The second-order valence-electron chi connectivity index (χ2n) is 7.89. The first-order valence-corrected chi connectivity index (χ1v) is 9.39. The zero-order valence-corrected chi connectivity index (χ0v) is 17.2. The normalized spacial score (nSPS) is 11.8. The summed E-state index contributed by atoms with van der Waals surface area (Å²) in [4.78, 5) is 25.3. The van der Waals surface area contributed by atoms with E-state index in [1.54, 1.807) is 26.8 Å². The van der Waals surface area contributed by atoms with E-state index in [-0.39, 0.29) is 34.6 Å². The molecular weight excluding hydrogens is 415 g/mol. The number of nitrogens with zero attached hydrogens (tertiary/aromatic N) is 2. The zero-order valence-electron chi connectivity index (χ0n) is 17.2. The Morgan fingerprint density at radius 1 is 1.23 bits per heavy atom. The van der Waals surface area contributed by atoms with Gasteiger partial charge in [0.2, 0.25) is 0 Å². The highest BCUT2D eigenvalue weighted by molar-refractivity contribution is 5.95. The Kier molecular flexibility index (Phi) is 6.01. The van der Waals surface area contributed by atoms with Gasteiger partial charge in [0, 0.05) is 17.6 Å². The number of fused-ring (bicyclic) bond motifs is 1. The highest BCUT2D eigenvalue weighted by Gasteiger charge is 2.25. The minimum Gasteiger partial charge on any atom is -0.485 e. The monoisotopic (exact) mass is 437 g/mol. The maximum Gasteiger partial charge on any atom is 0.419 e. The average Bonchev–Trinajstić information content (AvgIpc) is 3.00. The first-order chi connectivity index (χ1) is 14.5. The molecule has 0 saturated carbocycles. The highest BCUT2D eigenvalue weighted by Crippen LogP contribution is 2.32. The summed E-state index contributed by atoms with van der Waals surface area (Å²) in [6.07, 6.45) is -2.15. The number of nitrogen functional groups attached to an aromatic ring is 1. The molecule has 0 unspecified atom stereocenters. The standard InChI is InChI=1S/C21H22F3N3O4/c1-21(2,3)31-20(29)27-14(10-26-6-4-5-15(25)19(26)28)8-12-7-13(22)9-16(18(12)27)30-11-17(23)24/h4-9,17H,10-11,25H2,1-3H3. The summed E-state index contributed by atoms with van der Waals surface area (Å²) in [6, 6.07) is 6.52. The number of carbonyl (C=O) groups is 1. The smallest absolute Gasteiger partial charge is 0.419 e. The number of alkyl halides is 2. The third-order valence-corrected chi connectivity index (χ3v) is 4.22. The molecule has 0 aliphatic rings. The van der Waals surface area contributed by atoms with Gasteiger partial charge in [-0.3, -0.25) is 4.79 Å². The average molecular weight is 437 g/mol. The van der Waals surface area contributed by atoms with E-state index in [4.69, 9.17) is 15.2 Å². The molecule has 0 atom stereocenters. The first kappa shape index (κ1) is 22.3. The van der Waals surface area contributed by atoms with E-state index in [2.05, 4.69) is 0 Å². The molecule has 10 heteroatoms. The molecule has 2 N–H and O–H groups in total. The number of pyridine rings is 1. The lowest BCUT2D eigenvalue weighted by atomic mass is 10.2. The van der Waals surface area contributed by atoms with Gasteiger partial charge in [-0.1, -0.05) is 0 Å². The van der Waals surface area contributed by atoms with E-state index in [1.807, 2.05) is 0 Å². The van der Waals surface area contributed by atoms with E-state index in [0.717, 1.165) is 16.7 Å². The van der Waals surface area contributed by atoms with Gasteiger partial charge in [0.1, 0.15) is 29.3 Å². The number of benzene rings is 1. The molecular formula is C21H22F3N3O4.